The van der Waals surface area contributed by atoms with Gasteiger partial charge in [-0.05, 0) is 56.4 Å². The number of benzene rings is 1. The van der Waals surface area contributed by atoms with E-state index >= 15 is 0 Å². The second kappa shape index (κ2) is 4.70. The summed E-state index contributed by atoms with van der Waals surface area (Å²) in [6.07, 6.45) is 2.78. The maximum absolute atomic E-state index is 14.2. The van der Waals surface area contributed by atoms with E-state index in [2.05, 4.69) is 0 Å². The standard InChI is InChI=1S/C16H18F2N2/c1-9-6-13(18)16(8-12(9)17)20-10(2)7-11-14(19)4-3-5-15(11)20/h6-8,14H,3-5,19H2,1-2H3. The third kappa shape index (κ3) is 1.95. The van der Waals surface area contributed by atoms with E-state index in [1.54, 1.807) is 6.92 Å². The Bertz CT molecular complexity index is 674. The van der Waals surface area contributed by atoms with Gasteiger partial charge in [0, 0.05) is 23.5 Å². The van der Waals surface area contributed by atoms with Crippen LogP contribution in [0.4, 0.5) is 8.78 Å². The van der Waals surface area contributed by atoms with Gasteiger partial charge in [-0.3, -0.25) is 0 Å². The number of hydrogen-bond acceptors (Lipinski definition) is 1. The first kappa shape index (κ1) is 13.3. The van der Waals surface area contributed by atoms with Crippen LogP contribution in [0.3, 0.4) is 0 Å². The molecule has 106 valence electrons. The van der Waals surface area contributed by atoms with Crippen molar-refractivity contribution in [1.29, 1.82) is 0 Å². The smallest absolute Gasteiger partial charge is 0.147 e. The van der Waals surface area contributed by atoms with Crippen LogP contribution in [0, 0.1) is 25.5 Å². The molecule has 0 aliphatic heterocycles. The first-order valence-corrected chi connectivity index (χ1v) is 6.91. The predicted octanol–water partition coefficient (Wildman–Crippen LogP) is 3.71. The largest absolute Gasteiger partial charge is 0.324 e. The summed E-state index contributed by atoms with van der Waals surface area (Å²) < 4.78 is 29.8. The van der Waals surface area contributed by atoms with Crippen LogP contribution in [0.1, 0.15) is 41.4 Å². The summed E-state index contributed by atoms with van der Waals surface area (Å²) in [6.45, 7) is 3.47. The summed E-state index contributed by atoms with van der Waals surface area (Å²) in [4.78, 5) is 0. The topological polar surface area (TPSA) is 30.9 Å². The van der Waals surface area contributed by atoms with Crippen molar-refractivity contribution in [2.45, 2.75) is 39.2 Å². The second-order valence-corrected chi connectivity index (χ2v) is 5.57. The third-order valence-corrected chi connectivity index (χ3v) is 4.12. The van der Waals surface area contributed by atoms with E-state index in [0.29, 0.717) is 5.56 Å². The molecular formula is C16H18F2N2. The number of aryl methyl sites for hydroxylation is 2. The van der Waals surface area contributed by atoms with Crippen LogP contribution < -0.4 is 5.73 Å². The van der Waals surface area contributed by atoms with Gasteiger partial charge in [0.2, 0.25) is 0 Å². The second-order valence-electron chi connectivity index (χ2n) is 5.57. The van der Waals surface area contributed by atoms with Gasteiger partial charge in [0.15, 0.2) is 0 Å². The molecule has 1 heterocycles. The molecule has 2 nitrogen and oxygen atoms in total. The minimum Gasteiger partial charge on any atom is -0.324 e. The maximum atomic E-state index is 14.2. The lowest BCUT2D eigenvalue weighted by Gasteiger charge is -2.21. The van der Waals surface area contributed by atoms with Gasteiger partial charge in [-0.15, -0.1) is 0 Å². The SMILES string of the molecule is Cc1cc(F)c(-n2c(C)cc3c2CCCC3N)cc1F. The van der Waals surface area contributed by atoms with Crippen LogP contribution in [0.2, 0.25) is 0 Å². The number of aromatic nitrogens is 1. The number of hydrogen-bond donors (Lipinski definition) is 1. The molecule has 0 radical (unpaired) electrons. The molecule has 0 saturated heterocycles. The van der Waals surface area contributed by atoms with E-state index in [-0.39, 0.29) is 17.5 Å². The average molecular weight is 276 g/mol. The molecule has 1 atom stereocenters. The summed E-state index contributed by atoms with van der Waals surface area (Å²) in [5.41, 5.74) is 9.70. The molecule has 0 amide bonds. The Morgan fingerprint density at radius 3 is 2.65 bits per heavy atom. The van der Waals surface area contributed by atoms with Gasteiger partial charge in [-0.25, -0.2) is 8.78 Å². The summed E-state index contributed by atoms with van der Waals surface area (Å²) in [7, 11) is 0. The molecule has 0 saturated carbocycles. The van der Waals surface area contributed by atoms with Crippen LogP contribution in [-0.2, 0) is 6.42 Å². The van der Waals surface area contributed by atoms with Crippen molar-refractivity contribution in [2.24, 2.45) is 5.73 Å². The fourth-order valence-corrected chi connectivity index (χ4v) is 3.08. The zero-order valence-electron chi connectivity index (χ0n) is 11.7. The van der Waals surface area contributed by atoms with Crippen molar-refractivity contribution >= 4 is 0 Å². The number of rotatable bonds is 1. The molecule has 0 bridgehead atoms. The van der Waals surface area contributed by atoms with Crippen LogP contribution in [0.15, 0.2) is 18.2 Å². The zero-order valence-corrected chi connectivity index (χ0v) is 11.7. The van der Waals surface area contributed by atoms with Gasteiger partial charge in [0.1, 0.15) is 11.6 Å². The van der Waals surface area contributed by atoms with Crippen LogP contribution in [0.5, 0.6) is 0 Å². The molecule has 20 heavy (non-hydrogen) atoms. The molecule has 3 rings (SSSR count). The number of halogens is 2. The van der Waals surface area contributed by atoms with Gasteiger partial charge in [-0.2, -0.15) is 0 Å². The van der Waals surface area contributed by atoms with Crippen molar-refractivity contribution in [1.82, 2.24) is 4.57 Å². The molecule has 1 aliphatic rings. The van der Waals surface area contributed by atoms with Crippen molar-refractivity contribution in [3.05, 3.63) is 52.3 Å². The number of fused-ring (bicyclic) bond motifs is 1. The summed E-state index contributed by atoms with van der Waals surface area (Å²) in [6, 6.07) is 4.52. The van der Waals surface area contributed by atoms with Gasteiger partial charge < -0.3 is 10.3 Å². The fourth-order valence-electron chi connectivity index (χ4n) is 3.08. The van der Waals surface area contributed by atoms with E-state index in [1.165, 1.54) is 12.1 Å². The van der Waals surface area contributed by atoms with Crippen LogP contribution in [0.25, 0.3) is 5.69 Å². The Hall–Kier alpha value is -1.68. The molecule has 2 N–H and O–H groups in total. The molecular weight excluding hydrogens is 258 g/mol. The Labute approximate surface area is 117 Å². The van der Waals surface area contributed by atoms with E-state index in [1.807, 2.05) is 17.6 Å². The highest BCUT2D eigenvalue weighted by Crippen LogP contribution is 2.33. The zero-order chi connectivity index (χ0) is 14.4. The lowest BCUT2D eigenvalue weighted by atomic mass is 9.93. The highest BCUT2D eigenvalue weighted by atomic mass is 19.1. The first-order valence-electron chi connectivity index (χ1n) is 6.91. The lowest BCUT2D eigenvalue weighted by Crippen LogP contribution is -2.18. The molecule has 0 spiro atoms. The van der Waals surface area contributed by atoms with Gasteiger partial charge in [0.05, 0.1) is 5.69 Å². The summed E-state index contributed by atoms with van der Waals surface area (Å²) >= 11 is 0. The van der Waals surface area contributed by atoms with Crippen molar-refractivity contribution in [2.75, 3.05) is 0 Å². The summed E-state index contributed by atoms with van der Waals surface area (Å²) in [5.74, 6) is -0.784. The minimum atomic E-state index is -0.399. The first-order chi connectivity index (χ1) is 9.49. The van der Waals surface area contributed by atoms with Gasteiger partial charge in [0.25, 0.3) is 0 Å². The monoisotopic (exact) mass is 276 g/mol. The molecule has 0 fully saturated rings. The Kier molecular flexibility index (Phi) is 3.13. The van der Waals surface area contributed by atoms with Crippen molar-refractivity contribution < 1.29 is 8.78 Å². The minimum absolute atomic E-state index is 0.00273. The fraction of sp³-hybridized carbons (Fsp3) is 0.375. The van der Waals surface area contributed by atoms with Crippen molar-refractivity contribution in [3.8, 4) is 5.69 Å². The number of nitrogens with zero attached hydrogens (tertiary/aromatic N) is 1. The highest BCUT2D eigenvalue weighted by molar-refractivity contribution is 5.45. The Morgan fingerprint density at radius 1 is 1.15 bits per heavy atom. The average Bonchev–Trinajstić information content (AvgIpc) is 2.72. The molecule has 4 heteroatoms. The van der Waals surface area contributed by atoms with E-state index in [9.17, 15) is 8.78 Å². The molecule has 2 aromatic rings. The summed E-state index contributed by atoms with van der Waals surface area (Å²) in [5, 5.41) is 0. The van der Waals surface area contributed by atoms with Gasteiger partial charge >= 0.3 is 0 Å². The molecule has 1 aliphatic carbocycles. The number of nitrogens with two attached hydrogens (primary N) is 1. The van der Waals surface area contributed by atoms with Crippen molar-refractivity contribution in [3.63, 3.8) is 0 Å². The predicted molar refractivity (Wildman–Crippen MR) is 75.0 cm³/mol. The molecule has 1 aromatic carbocycles. The maximum Gasteiger partial charge on any atom is 0.147 e. The van der Waals surface area contributed by atoms with Gasteiger partial charge in [-0.1, -0.05) is 0 Å². The Morgan fingerprint density at radius 2 is 1.90 bits per heavy atom. The van der Waals surface area contributed by atoms with E-state index in [0.717, 1.165) is 36.2 Å². The lowest BCUT2D eigenvalue weighted by molar-refractivity contribution is 0.551. The van der Waals surface area contributed by atoms with E-state index < -0.39 is 5.82 Å². The highest BCUT2D eigenvalue weighted by Gasteiger charge is 2.24. The molecule has 1 aromatic heterocycles. The van der Waals surface area contributed by atoms with Crippen LogP contribution in [-0.4, -0.2) is 4.57 Å². The third-order valence-electron chi connectivity index (χ3n) is 4.12. The van der Waals surface area contributed by atoms with Crippen LogP contribution >= 0.6 is 0 Å². The quantitative estimate of drug-likeness (QED) is 0.845. The molecule has 1 unspecified atom stereocenters. The van der Waals surface area contributed by atoms with E-state index in [4.69, 9.17) is 5.73 Å². The normalized spacial score (nSPS) is 18.1. The Balaban J connectivity index is 2.23.